The largest absolute Gasteiger partial charge is 0.494 e. The molecule has 4 heterocycles. The van der Waals surface area contributed by atoms with Crippen molar-refractivity contribution in [2.24, 2.45) is 11.8 Å². The molecule has 2 aliphatic heterocycles. The van der Waals surface area contributed by atoms with Gasteiger partial charge in [0, 0.05) is 69.0 Å². The van der Waals surface area contributed by atoms with E-state index >= 15 is 0 Å². The molecular formula is C45H57N5O3. The third-order valence-corrected chi connectivity index (χ3v) is 11.1. The van der Waals surface area contributed by atoms with Crippen LogP contribution in [0.25, 0.3) is 22.6 Å². The molecular weight excluding hydrogens is 659 g/mol. The van der Waals surface area contributed by atoms with Crippen molar-refractivity contribution in [2.45, 2.75) is 58.3 Å². The van der Waals surface area contributed by atoms with E-state index in [9.17, 15) is 0 Å². The molecule has 2 unspecified atom stereocenters. The topological polar surface area (TPSA) is 67.1 Å². The van der Waals surface area contributed by atoms with Crippen molar-refractivity contribution in [3.63, 3.8) is 0 Å². The average molecular weight is 716 g/mol. The SMILES string of the molecule is CCC1C=CC=C(CCC2CCCN(CCCOc3ccc(-c4nc5ccc(OCCCN6CCN(c7ccncc7)CC6)cc5o4)cc3)CC2)C=C1. The van der Waals surface area contributed by atoms with Crippen LogP contribution in [0.5, 0.6) is 11.5 Å². The molecule has 0 saturated carbocycles. The Morgan fingerprint density at radius 1 is 0.792 bits per heavy atom. The number of oxazole rings is 1. The lowest BCUT2D eigenvalue weighted by atomic mass is 9.93. The average Bonchev–Trinajstić information content (AvgIpc) is 3.33. The highest BCUT2D eigenvalue weighted by atomic mass is 16.5. The van der Waals surface area contributed by atoms with Gasteiger partial charge in [0.25, 0.3) is 0 Å². The quantitative estimate of drug-likeness (QED) is 0.106. The fourth-order valence-electron chi connectivity index (χ4n) is 7.79. The van der Waals surface area contributed by atoms with E-state index < -0.39 is 0 Å². The van der Waals surface area contributed by atoms with Gasteiger partial charge in [-0.3, -0.25) is 9.88 Å². The summed E-state index contributed by atoms with van der Waals surface area (Å²) in [6.07, 6.45) is 25.0. The molecule has 2 atom stereocenters. The number of ether oxygens (including phenoxy) is 2. The van der Waals surface area contributed by atoms with Gasteiger partial charge in [-0.25, -0.2) is 4.98 Å². The number of nitrogens with zero attached hydrogens (tertiary/aromatic N) is 5. The number of rotatable bonds is 16. The number of hydrogen-bond acceptors (Lipinski definition) is 8. The smallest absolute Gasteiger partial charge is 0.227 e. The first kappa shape index (κ1) is 36.9. The number of anilines is 1. The molecule has 2 aromatic heterocycles. The summed E-state index contributed by atoms with van der Waals surface area (Å²) in [5.74, 6) is 3.73. The van der Waals surface area contributed by atoms with Crippen molar-refractivity contribution in [3.8, 4) is 23.0 Å². The lowest BCUT2D eigenvalue weighted by Gasteiger charge is -2.36. The summed E-state index contributed by atoms with van der Waals surface area (Å²) in [7, 11) is 0. The number of benzene rings is 2. The predicted octanol–water partition coefficient (Wildman–Crippen LogP) is 9.21. The summed E-state index contributed by atoms with van der Waals surface area (Å²) >= 11 is 0. The Morgan fingerprint density at radius 3 is 2.34 bits per heavy atom. The molecule has 0 N–H and O–H groups in total. The van der Waals surface area contributed by atoms with Crippen LogP contribution in [0, 0.1) is 11.8 Å². The lowest BCUT2D eigenvalue weighted by molar-refractivity contribution is 0.225. The van der Waals surface area contributed by atoms with Crippen molar-refractivity contribution in [1.29, 1.82) is 0 Å². The van der Waals surface area contributed by atoms with Gasteiger partial charge in [0.05, 0.1) is 13.2 Å². The zero-order chi connectivity index (χ0) is 36.1. The van der Waals surface area contributed by atoms with Gasteiger partial charge in [-0.2, -0.15) is 0 Å². The van der Waals surface area contributed by atoms with Crippen molar-refractivity contribution in [3.05, 3.63) is 103 Å². The maximum atomic E-state index is 6.16. The van der Waals surface area contributed by atoms with E-state index in [1.54, 1.807) is 0 Å². The maximum Gasteiger partial charge on any atom is 0.227 e. The molecule has 2 aromatic carbocycles. The van der Waals surface area contributed by atoms with Gasteiger partial charge >= 0.3 is 0 Å². The Balaban J connectivity index is 0.785. The van der Waals surface area contributed by atoms with Gasteiger partial charge in [-0.15, -0.1) is 0 Å². The molecule has 280 valence electrons. The van der Waals surface area contributed by atoms with Gasteiger partial charge in [-0.1, -0.05) is 37.3 Å². The first-order valence-corrected chi connectivity index (χ1v) is 20.1. The molecule has 4 aromatic rings. The minimum absolute atomic E-state index is 0.590. The fraction of sp³-hybridized carbons (Fsp3) is 0.467. The second-order valence-electron chi connectivity index (χ2n) is 14.8. The Bertz CT molecular complexity index is 1790. The van der Waals surface area contributed by atoms with Crippen LogP contribution in [0.1, 0.15) is 58.3 Å². The molecule has 8 nitrogen and oxygen atoms in total. The van der Waals surface area contributed by atoms with E-state index in [1.807, 2.05) is 54.9 Å². The van der Waals surface area contributed by atoms with E-state index in [0.29, 0.717) is 18.4 Å². The number of fused-ring (bicyclic) bond motifs is 1. The van der Waals surface area contributed by atoms with Gasteiger partial charge in [-0.05, 0) is 130 Å². The highest BCUT2D eigenvalue weighted by Gasteiger charge is 2.19. The van der Waals surface area contributed by atoms with Crippen LogP contribution < -0.4 is 14.4 Å². The molecule has 0 spiro atoms. The molecule has 0 amide bonds. The second-order valence-corrected chi connectivity index (χ2v) is 14.8. The zero-order valence-electron chi connectivity index (χ0n) is 31.6. The Labute approximate surface area is 316 Å². The Hall–Kier alpha value is -4.40. The summed E-state index contributed by atoms with van der Waals surface area (Å²) in [6.45, 7) is 12.4. The molecule has 0 bridgehead atoms. The third kappa shape index (κ3) is 10.8. The minimum Gasteiger partial charge on any atom is -0.494 e. The fourth-order valence-corrected chi connectivity index (χ4v) is 7.79. The Morgan fingerprint density at radius 2 is 1.55 bits per heavy atom. The number of hydrogen-bond donors (Lipinski definition) is 0. The number of likely N-dealkylation sites (tertiary alicyclic amines) is 1. The van der Waals surface area contributed by atoms with Crippen molar-refractivity contribution >= 4 is 16.8 Å². The van der Waals surface area contributed by atoms with Crippen molar-refractivity contribution in [2.75, 3.05) is 70.5 Å². The molecule has 2 saturated heterocycles. The molecule has 7 rings (SSSR count). The Kier molecular flexibility index (Phi) is 13.3. The molecule has 2 fully saturated rings. The van der Waals surface area contributed by atoms with Crippen molar-refractivity contribution < 1.29 is 13.9 Å². The van der Waals surface area contributed by atoms with Crippen LogP contribution >= 0.6 is 0 Å². The van der Waals surface area contributed by atoms with Crippen LogP contribution in [0.2, 0.25) is 0 Å². The number of aromatic nitrogens is 2. The van der Waals surface area contributed by atoms with Crippen LogP contribution in [-0.4, -0.2) is 85.3 Å². The summed E-state index contributed by atoms with van der Waals surface area (Å²) in [5.41, 5.74) is 5.25. The van der Waals surface area contributed by atoms with E-state index in [4.69, 9.17) is 18.9 Å². The normalized spacial score (nSPS) is 19.9. The summed E-state index contributed by atoms with van der Waals surface area (Å²) in [4.78, 5) is 16.5. The lowest BCUT2D eigenvalue weighted by Crippen LogP contribution is -2.46. The summed E-state index contributed by atoms with van der Waals surface area (Å²) in [6, 6.07) is 18.2. The molecule has 1 aliphatic carbocycles. The second kappa shape index (κ2) is 19.1. The maximum absolute atomic E-state index is 6.16. The third-order valence-electron chi connectivity index (χ3n) is 11.1. The van der Waals surface area contributed by atoms with Gasteiger partial charge in [0.15, 0.2) is 5.58 Å². The highest BCUT2D eigenvalue weighted by Crippen LogP contribution is 2.29. The first-order valence-electron chi connectivity index (χ1n) is 20.1. The number of piperazine rings is 1. The van der Waals surface area contributed by atoms with E-state index in [-0.39, 0.29) is 0 Å². The van der Waals surface area contributed by atoms with E-state index in [0.717, 1.165) is 92.8 Å². The van der Waals surface area contributed by atoms with Crippen LogP contribution in [0.4, 0.5) is 5.69 Å². The number of allylic oxidation sites excluding steroid dienone is 6. The van der Waals surface area contributed by atoms with Gasteiger partial charge < -0.3 is 23.7 Å². The minimum atomic E-state index is 0.590. The van der Waals surface area contributed by atoms with E-state index in [2.05, 4.69) is 69.1 Å². The zero-order valence-corrected chi connectivity index (χ0v) is 31.6. The van der Waals surface area contributed by atoms with Crippen LogP contribution in [-0.2, 0) is 0 Å². The van der Waals surface area contributed by atoms with Gasteiger partial charge in [0.1, 0.15) is 17.0 Å². The predicted molar refractivity (Wildman–Crippen MR) is 216 cm³/mol. The summed E-state index contributed by atoms with van der Waals surface area (Å²) in [5, 5.41) is 0. The molecule has 8 heteroatoms. The van der Waals surface area contributed by atoms with Crippen molar-refractivity contribution in [1.82, 2.24) is 19.8 Å². The molecule has 3 aliphatic rings. The molecule has 53 heavy (non-hydrogen) atoms. The molecule has 0 radical (unpaired) electrons. The summed E-state index contributed by atoms with van der Waals surface area (Å²) < 4.78 is 18.4. The highest BCUT2D eigenvalue weighted by molar-refractivity contribution is 5.77. The van der Waals surface area contributed by atoms with Gasteiger partial charge in [0.2, 0.25) is 5.89 Å². The standard InChI is InChI=1S/C45H57N5O3/c1-2-36-7-3-8-37(11-10-36)12-13-38-9-4-25-48(28-22-38)26-5-33-51-41-16-14-39(15-17-41)45-47-43-19-18-42(35-44(43)53-45)52-34-6-27-49-29-31-50(32-30-49)40-20-23-46-24-21-40/h3,7-8,10-11,14-21,23-24,35-36,38H,2,4-6,9,12-13,22,25-34H2,1H3. The van der Waals surface area contributed by atoms with E-state index in [1.165, 1.54) is 62.9 Å². The van der Waals surface area contributed by atoms with Crippen LogP contribution in [0.3, 0.4) is 0 Å². The monoisotopic (exact) mass is 715 g/mol. The first-order chi connectivity index (χ1) is 26.2. The van der Waals surface area contributed by atoms with Crippen LogP contribution in [0.15, 0.2) is 107 Å². The number of pyridine rings is 1.